The highest BCUT2D eigenvalue weighted by Gasteiger charge is 2.39. The van der Waals surface area contributed by atoms with Gasteiger partial charge >= 0.3 is 0 Å². The molecule has 4 rings (SSSR count). The van der Waals surface area contributed by atoms with E-state index in [0.717, 1.165) is 18.9 Å². The second-order valence-corrected chi connectivity index (χ2v) is 11.0. The Labute approximate surface area is 213 Å². The van der Waals surface area contributed by atoms with Crippen LogP contribution >= 0.6 is 11.6 Å². The van der Waals surface area contributed by atoms with Crippen LogP contribution < -0.4 is 15.4 Å². The van der Waals surface area contributed by atoms with Crippen LogP contribution in [0.25, 0.3) is 10.9 Å². The number of nitrogens with one attached hydrogen (secondary N) is 3. The fraction of sp³-hybridized carbons (Fsp3) is 0.538. The van der Waals surface area contributed by atoms with Gasteiger partial charge in [0.05, 0.1) is 29.4 Å². The lowest BCUT2D eigenvalue weighted by Crippen LogP contribution is -2.40. The maximum atomic E-state index is 14.2. The van der Waals surface area contributed by atoms with Crippen molar-refractivity contribution in [3.8, 4) is 11.8 Å². The third-order valence-electron chi connectivity index (χ3n) is 6.98. The SMILES string of the molecule is COc1c(F)cc(Cl)c2[nH]c(C(=O)CC(CC3CC3)C(=O)NC(C#N)CC3CC(C)(C)NC3=O)cc12. The lowest BCUT2D eigenvalue weighted by Gasteiger charge is -2.20. The Kier molecular flexibility index (Phi) is 7.28. The van der Waals surface area contributed by atoms with Gasteiger partial charge in [-0.25, -0.2) is 4.39 Å². The van der Waals surface area contributed by atoms with E-state index in [1.54, 1.807) is 0 Å². The van der Waals surface area contributed by atoms with Crippen LogP contribution in [0.2, 0.25) is 5.02 Å². The third kappa shape index (κ3) is 5.65. The normalized spacial score (nSPS) is 20.4. The summed E-state index contributed by atoms with van der Waals surface area (Å²) in [6.45, 7) is 3.84. The van der Waals surface area contributed by atoms with E-state index in [1.165, 1.54) is 13.2 Å². The van der Waals surface area contributed by atoms with Gasteiger partial charge in [0.1, 0.15) is 6.04 Å². The number of carbonyl (C=O) groups is 3. The lowest BCUT2D eigenvalue weighted by atomic mass is 9.90. The highest BCUT2D eigenvalue weighted by Crippen LogP contribution is 2.38. The highest BCUT2D eigenvalue weighted by atomic mass is 35.5. The molecule has 0 bridgehead atoms. The molecular formula is C26H30ClFN4O4. The van der Waals surface area contributed by atoms with E-state index in [1.807, 2.05) is 13.8 Å². The second kappa shape index (κ2) is 10.1. The maximum absolute atomic E-state index is 14.2. The number of fused-ring (bicyclic) bond motifs is 1. The Morgan fingerprint density at radius 3 is 2.64 bits per heavy atom. The van der Waals surface area contributed by atoms with Crippen molar-refractivity contribution >= 4 is 40.1 Å². The minimum absolute atomic E-state index is 0.0204. The van der Waals surface area contributed by atoms with E-state index < -0.39 is 17.8 Å². The quantitative estimate of drug-likeness (QED) is 0.407. The number of ether oxygens (including phenoxy) is 1. The van der Waals surface area contributed by atoms with Crippen LogP contribution in [0.3, 0.4) is 0 Å². The smallest absolute Gasteiger partial charge is 0.224 e. The molecule has 3 atom stereocenters. The second-order valence-electron chi connectivity index (χ2n) is 10.5. The minimum Gasteiger partial charge on any atom is -0.493 e. The molecule has 1 aliphatic heterocycles. The van der Waals surface area contributed by atoms with Crippen molar-refractivity contribution in [2.24, 2.45) is 17.8 Å². The number of H-pyrrole nitrogens is 1. The molecule has 1 aromatic carbocycles. The molecule has 8 nitrogen and oxygen atoms in total. The Morgan fingerprint density at radius 1 is 1.33 bits per heavy atom. The van der Waals surface area contributed by atoms with E-state index in [4.69, 9.17) is 16.3 Å². The molecule has 2 aromatic rings. The summed E-state index contributed by atoms with van der Waals surface area (Å²) in [5.74, 6) is -2.11. The van der Waals surface area contributed by atoms with Crippen molar-refractivity contribution in [1.82, 2.24) is 15.6 Å². The van der Waals surface area contributed by atoms with Gasteiger partial charge in [0.15, 0.2) is 17.3 Å². The average molecular weight is 517 g/mol. The molecule has 10 heteroatoms. The van der Waals surface area contributed by atoms with Gasteiger partial charge in [0.25, 0.3) is 0 Å². The minimum atomic E-state index is -0.835. The van der Waals surface area contributed by atoms with Crippen molar-refractivity contribution in [3.05, 3.63) is 28.7 Å². The number of halogens is 2. The average Bonchev–Trinajstić information content (AvgIpc) is 3.43. The summed E-state index contributed by atoms with van der Waals surface area (Å²) >= 11 is 6.15. The van der Waals surface area contributed by atoms with E-state index in [9.17, 15) is 24.0 Å². The number of nitriles is 1. The molecule has 3 unspecified atom stereocenters. The molecule has 2 amide bonds. The number of ketones is 1. The molecule has 2 heterocycles. The summed E-state index contributed by atoms with van der Waals surface area (Å²) in [6.07, 6.45) is 3.24. The summed E-state index contributed by atoms with van der Waals surface area (Å²) < 4.78 is 19.3. The summed E-state index contributed by atoms with van der Waals surface area (Å²) in [5, 5.41) is 15.8. The Balaban J connectivity index is 1.48. The molecule has 36 heavy (non-hydrogen) atoms. The number of amides is 2. The molecule has 1 aromatic heterocycles. The summed E-state index contributed by atoms with van der Waals surface area (Å²) in [5.41, 5.74) is 0.232. The van der Waals surface area contributed by atoms with Gasteiger partial charge in [0.2, 0.25) is 11.8 Å². The van der Waals surface area contributed by atoms with Gasteiger partial charge in [-0.1, -0.05) is 24.4 Å². The fourth-order valence-corrected chi connectivity index (χ4v) is 5.28. The van der Waals surface area contributed by atoms with Crippen LogP contribution in [0.15, 0.2) is 12.1 Å². The molecule has 1 aliphatic carbocycles. The molecule has 2 aliphatic rings. The van der Waals surface area contributed by atoms with Crippen LogP contribution in [0, 0.1) is 34.9 Å². The maximum Gasteiger partial charge on any atom is 0.224 e. The number of benzene rings is 1. The number of hydrogen-bond acceptors (Lipinski definition) is 5. The number of hydrogen-bond donors (Lipinski definition) is 3. The molecule has 1 saturated heterocycles. The highest BCUT2D eigenvalue weighted by molar-refractivity contribution is 6.35. The van der Waals surface area contributed by atoms with Crippen molar-refractivity contribution in [2.75, 3.05) is 7.11 Å². The van der Waals surface area contributed by atoms with Gasteiger partial charge < -0.3 is 20.4 Å². The van der Waals surface area contributed by atoms with E-state index >= 15 is 0 Å². The predicted molar refractivity (Wildman–Crippen MR) is 132 cm³/mol. The Hall–Kier alpha value is -3.12. The zero-order valence-electron chi connectivity index (χ0n) is 20.5. The van der Waals surface area contributed by atoms with Gasteiger partial charge in [-0.15, -0.1) is 0 Å². The van der Waals surface area contributed by atoms with Crippen LogP contribution in [0.1, 0.15) is 62.9 Å². The van der Waals surface area contributed by atoms with E-state index in [-0.39, 0.29) is 58.4 Å². The van der Waals surface area contributed by atoms with Crippen LogP contribution in [-0.4, -0.2) is 41.3 Å². The van der Waals surface area contributed by atoms with E-state index in [2.05, 4.69) is 21.7 Å². The molecule has 1 saturated carbocycles. The van der Waals surface area contributed by atoms with Crippen molar-refractivity contribution in [1.29, 1.82) is 5.26 Å². The Morgan fingerprint density at radius 2 is 2.06 bits per heavy atom. The Bertz CT molecular complexity index is 1250. The first-order valence-electron chi connectivity index (χ1n) is 12.1. The predicted octanol–water partition coefficient (Wildman–Crippen LogP) is 4.27. The molecular weight excluding hydrogens is 487 g/mol. The zero-order valence-corrected chi connectivity index (χ0v) is 21.3. The molecule has 0 radical (unpaired) electrons. The number of aromatic nitrogens is 1. The standard InChI is InChI=1S/C26H30ClFN4O4/c1-26(2)11-15(25(35)32-26)7-16(12-29)30-24(34)14(6-13-4-5-13)8-21(33)20-9-17-22(31-20)18(27)10-19(28)23(17)36-3/h9-10,13-16,31H,4-8,11H2,1-3H3,(H,30,34)(H,32,35). The van der Waals surface area contributed by atoms with Crippen LogP contribution in [0.4, 0.5) is 4.39 Å². The summed E-state index contributed by atoms with van der Waals surface area (Å²) in [6, 6.07) is 3.85. The summed E-state index contributed by atoms with van der Waals surface area (Å²) in [7, 11) is 1.33. The van der Waals surface area contributed by atoms with Gasteiger partial charge in [0, 0.05) is 29.2 Å². The first kappa shape index (κ1) is 26.0. The third-order valence-corrected chi connectivity index (χ3v) is 7.27. The van der Waals surface area contributed by atoms with Crippen molar-refractivity contribution in [2.45, 2.75) is 64.0 Å². The van der Waals surface area contributed by atoms with Gasteiger partial charge in [-0.05, 0) is 51.2 Å². The lowest BCUT2D eigenvalue weighted by molar-refractivity contribution is -0.127. The van der Waals surface area contributed by atoms with Crippen LogP contribution in [-0.2, 0) is 9.59 Å². The molecule has 0 spiro atoms. The van der Waals surface area contributed by atoms with Crippen LogP contribution in [0.5, 0.6) is 5.75 Å². The van der Waals surface area contributed by atoms with Crippen molar-refractivity contribution in [3.63, 3.8) is 0 Å². The molecule has 192 valence electrons. The fourth-order valence-electron chi connectivity index (χ4n) is 5.03. The van der Waals surface area contributed by atoms with Gasteiger partial charge in [-0.2, -0.15) is 5.26 Å². The number of aromatic amines is 1. The number of Topliss-reactive ketones (excluding diaryl/α,β-unsaturated/α-hetero) is 1. The largest absolute Gasteiger partial charge is 0.493 e. The summed E-state index contributed by atoms with van der Waals surface area (Å²) in [4.78, 5) is 41.5. The zero-order chi connectivity index (χ0) is 26.2. The van der Waals surface area contributed by atoms with E-state index in [0.29, 0.717) is 29.7 Å². The topological polar surface area (TPSA) is 124 Å². The number of carbonyl (C=O) groups excluding carboxylic acids is 3. The van der Waals surface area contributed by atoms with Crippen molar-refractivity contribution < 1.29 is 23.5 Å². The first-order valence-corrected chi connectivity index (χ1v) is 12.5. The first-order chi connectivity index (χ1) is 17.0. The number of nitrogens with zero attached hydrogens (tertiary/aromatic N) is 1. The van der Waals surface area contributed by atoms with Gasteiger partial charge in [-0.3, -0.25) is 14.4 Å². The number of methoxy groups -OCH3 is 1. The molecule has 3 N–H and O–H groups in total. The number of rotatable bonds is 10. The monoisotopic (exact) mass is 516 g/mol. The molecule has 2 fully saturated rings.